The third-order valence-electron chi connectivity index (χ3n) is 6.85. The number of amides is 4. The summed E-state index contributed by atoms with van der Waals surface area (Å²) in [4.78, 5) is 44.3. The Morgan fingerprint density at radius 1 is 0.810 bits per heavy atom. The van der Waals surface area contributed by atoms with Gasteiger partial charge in [-0.15, -0.1) is 0 Å². The maximum absolute atomic E-state index is 14.7. The van der Waals surface area contributed by atoms with Gasteiger partial charge in [0.25, 0.3) is 0 Å². The van der Waals surface area contributed by atoms with Gasteiger partial charge in [-0.2, -0.15) is 0 Å². The van der Waals surface area contributed by atoms with Gasteiger partial charge >= 0.3 is 6.03 Å². The van der Waals surface area contributed by atoms with Crippen molar-refractivity contribution in [2.45, 2.75) is 44.3 Å². The van der Waals surface area contributed by atoms with Gasteiger partial charge in [-0.1, -0.05) is 71.7 Å². The number of nitrogens with two attached hydrogens (primary N) is 4. The second-order valence-electron chi connectivity index (χ2n) is 9.78. The lowest BCUT2D eigenvalue weighted by Crippen LogP contribution is -2.50. The second kappa shape index (κ2) is 15.1. The van der Waals surface area contributed by atoms with Crippen molar-refractivity contribution in [3.05, 3.63) is 105 Å². The number of nitrogens with zero attached hydrogens (tertiary/aromatic N) is 2. The van der Waals surface area contributed by atoms with Crippen molar-refractivity contribution >= 4 is 47.0 Å². The fourth-order valence-corrected chi connectivity index (χ4v) is 4.98. The van der Waals surface area contributed by atoms with Crippen molar-refractivity contribution < 1.29 is 14.4 Å². The number of hydrogen-bond acceptors (Lipinski definition) is 4. The number of hydrogen-bond donors (Lipinski definition) is 5. The Morgan fingerprint density at radius 3 is 1.76 bits per heavy atom. The molecular weight excluding hydrogens is 577 g/mol. The minimum atomic E-state index is -0.972. The Morgan fingerprint density at radius 2 is 1.31 bits per heavy atom. The van der Waals surface area contributed by atoms with E-state index in [-0.39, 0.29) is 31.4 Å². The number of benzene rings is 3. The first kappa shape index (κ1) is 32.2. The lowest BCUT2D eigenvalue weighted by Gasteiger charge is -2.38. The zero-order chi connectivity index (χ0) is 30.8. The third-order valence-corrected chi connectivity index (χ3v) is 7.35. The number of nitrogens with one attached hydrogen (secondary N) is 1. The molecule has 42 heavy (non-hydrogen) atoms. The number of carbonyl (C=O) groups excluding carboxylic acids is 3. The van der Waals surface area contributed by atoms with Crippen LogP contribution >= 0.6 is 23.2 Å². The summed E-state index contributed by atoms with van der Waals surface area (Å²) in [6.45, 7) is 2.35. The van der Waals surface area contributed by atoms with E-state index in [1.165, 1.54) is 4.90 Å². The highest BCUT2D eigenvalue weighted by molar-refractivity contribution is 6.30. The quantitative estimate of drug-likeness (QED) is 0.112. The minimum Gasteiger partial charge on any atom is -0.370 e. The summed E-state index contributed by atoms with van der Waals surface area (Å²) in [5.41, 5.74) is 25.0. The van der Waals surface area contributed by atoms with Crippen LogP contribution in [0.4, 0.5) is 4.79 Å². The van der Waals surface area contributed by atoms with E-state index < -0.39 is 29.9 Å². The average Bonchev–Trinajstić information content (AvgIpc) is 2.95. The smallest absolute Gasteiger partial charge is 0.312 e. The molecule has 3 rings (SSSR count). The molecule has 12 heteroatoms. The molecule has 10 nitrogen and oxygen atoms in total. The molecule has 0 spiro atoms. The largest absolute Gasteiger partial charge is 0.370 e. The number of halogens is 2. The van der Waals surface area contributed by atoms with E-state index in [1.54, 1.807) is 48.5 Å². The Balaban J connectivity index is 2.09. The predicted octanol–water partition coefficient (Wildman–Crippen LogP) is 3.79. The number of primary amides is 2. The van der Waals surface area contributed by atoms with Gasteiger partial charge in [-0.25, -0.2) is 4.79 Å². The molecule has 0 aliphatic heterocycles. The van der Waals surface area contributed by atoms with Crippen LogP contribution in [0.25, 0.3) is 0 Å². The van der Waals surface area contributed by atoms with Gasteiger partial charge in [0.1, 0.15) is 6.04 Å². The highest BCUT2D eigenvalue weighted by Crippen LogP contribution is 2.34. The van der Waals surface area contributed by atoms with Crippen LogP contribution in [0.2, 0.25) is 10.0 Å². The van der Waals surface area contributed by atoms with Gasteiger partial charge < -0.3 is 33.2 Å². The first-order valence-corrected chi connectivity index (χ1v) is 14.0. The molecule has 0 aliphatic carbocycles. The molecule has 3 aromatic carbocycles. The molecule has 0 saturated carbocycles. The molecule has 3 aromatic rings. The topological polar surface area (TPSA) is 183 Å². The van der Waals surface area contributed by atoms with E-state index in [1.807, 2.05) is 31.2 Å². The highest BCUT2D eigenvalue weighted by Gasteiger charge is 2.37. The summed E-state index contributed by atoms with van der Waals surface area (Å²) in [6.07, 6.45) is 0.642. The van der Waals surface area contributed by atoms with Crippen LogP contribution in [-0.2, 0) is 16.1 Å². The van der Waals surface area contributed by atoms with E-state index in [0.717, 1.165) is 11.1 Å². The predicted molar refractivity (Wildman–Crippen MR) is 166 cm³/mol. The van der Waals surface area contributed by atoms with Crippen LogP contribution in [0.1, 0.15) is 54.0 Å². The van der Waals surface area contributed by atoms with E-state index in [9.17, 15) is 14.4 Å². The summed E-state index contributed by atoms with van der Waals surface area (Å²) in [5, 5.41) is 3.59. The van der Waals surface area contributed by atoms with Crippen molar-refractivity contribution in [2.75, 3.05) is 6.54 Å². The number of urea groups is 1. The normalized spacial score (nSPS) is 12.3. The average molecular weight is 613 g/mol. The molecule has 0 unspecified atom stereocenters. The molecule has 0 aromatic heterocycles. The van der Waals surface area contributed by atoms with E-state index >= 15 is 0 Å². The third kappa shape index (κ3) is 8.86. The van der Waals surface area contributed by atoms with Gasteiger partial charge in [-0.05, 0) is 66.3 Å². The molecule has 4 amide bonds. The number of rotatable bonds is 13. The number of aliphatic imine (C=N–C) groups is 1. The summed E-state index contributed by atoms with van der Waals surface area (Å²) < 4.78 is 0. The maximum Gasteiger partial charge on any atom is 0.312 e. The molecule has 222 valence electrons. The molecule has 0 heterocycles. The van der Waals surface area contributed by atoms with Gasteiger partial charge in [0, 0.05) is 23.1 Å². The van der Waals surface area contributed by atoms with Crippen molar-refractivity contribution in [1.29, 1.82) is 0 Å². The van der Waals surface area contributed by atoms with E-state index in [0.29, 0.717) is 27.6 Å². The standard InChI is InChI=1S/C30H35Cl2N7O3/c1-18(20-6-4-19(5-7-20)17-38-30(36)42)39(25(27(33)40)3-2-16-37-29(34)35)28(41)26(21-8-12-23(31)13-9-21)22-10-14-24(32)15-11-22/h4-15,18,25-26H,2-3,16-17H2,1H3,(H2,33,40)(H4,34,35,37)(H3,36,38,42)/t18-,25-/m1/s1. The molecule has 9 N–H and O–H groups in total. The minimum absolute atomic E-state index is 0.0663. The van der Waals surface area contributed by atoms with Crippen molar-refractivity contribution in [1.82, 2.24) is 10.2 Å². The SMILES string of the molecule is C[C@H](c1ccc(CNC(N)=O)cc1)N(C(=O)C(c1ccc(Cl)cc1)c1ccc(Cl)cc1)[C@H](CCCN=C(N)N)C(N)=O. The molecular formula is C30H35Cl2N7O3. The van der Waals surface area contributed by atoms with E-state index in [2.05, 4.69) is 10.3 Å². The summed E-state index contributed by atoms with van der Waals surface area (Å²) in [7, 11) is 0. The van der Waals surface area contributed by atoms with Gasteiger partial charge in [0.2, 0.25) is 11.8 Å². The summed E-state index contributed by atoms with van der Waals surface area (Å²) in [6, 6.07) is 19.1. The fourth-order valence-electron chi connectivity index (χ4n) is 4.73. The molecule has 0 bridgehead atoms. The van der Waals surface area contributed by atoms with Crippen LogP contribution in [0.5, 0.6) is 0 Å². The van der Waals surface area contributed by atoms with Gasteiger partial charge in [0.15, 0.2) is 5.96 Å². The lowest BCUT2D eigenvalue weighted by molar-refractivity contribution is -0.142. The van der Waals surface area contributed by atoms with Crippen LogP contribution in [0.15, 0.2) is 77.8 Å². The lowest BCUT2D eigenvalue weighted by atomic mass is 9.88. The molecule has 0 fully saturated rings. The number of guanidine groups is 1. The Labute approximate surface area is 255 Å². The van der Waals surface area contributed by atoms with Crippen LogP contribution in [-0.4, -0.2) is 41.3 Å². The highest BCUT2D eigenvalue weighted by atomic mass is 35.5. The fraction of sp³-hybridized carbons (Fsp3) is 0.267. The van der Waals surface area contributed by atoms with Crippen LogP contribution in [0.3, 0.4) is 0 Å². The molecule has 0 radical (unpaired) electrons. The van der Waals surface area contributed by atoms with Crippen LogP contribution in [0, 0.1) is 0 Å². The first-order chi connectivity index (χ1) is 20.0. The summed E-state index contributed by atoms with van der Waals surface area (Å²) >= 11 is 12.3. The van der Waals surface area contributed by atoms with Crippen molar-refractivity contribution in [3.8, 4) is 0 Å². The maximum atomic E-state index is 14.7. The zero-order valence-electron chi connectivity index (χ0n) is 23.2. The zero-order valence-corrected chi connectivity index (χ0v) is 24.7. The van der Waals surface area contributed by atoms with Crippen molar-refractivity contribution in [2.24, 2.45) is 27.9 Å². The molecule has 0 aliphatic rings. The summed E-state index contributed by atoms with van der Waals surface area (Å²) in [5.74, 6) is -1.85. The number of carbonyl (C=O) groups is 3. The first-order valence-electron chi connectivity index (χ1n) is 13.3. The monoisotopic (exact) mass is 611 g/mol. The second-order valence-corrected chi connectivity index (χ2v) is 10.7. The van der Waals surface area contributed by atoms with Crippen molar-refractivity contribution in [3.63, 3.8) is 0 Å². The van der Waals surface area contributed by atoms with E-state index in [4.69, 9.17) is 46.1 Å². The Kier molecular flexibility index (Phi) is 11.6. The molecule has 2 atom stereocenters. The Hall–Kier alpha value is -4.28. The molecule has 0 saturated heterocycles. The van der Waals surface area contributed by atoms with Crippen LogP contribution < -0.4 is 28.3 Å². The van der Waals surface area contributed by atoms with Gasteiger partial charge in [-0.3, -0.25) is 14.6 Å². The van der Waals surface area contributed by atoms with Gasteiger partial charge in [0.05, 0.1) is 12.0 Å². The Bertz CT molecular complexity index is 1350.